The number of piperazine rings is 1. The molecule has 1 saturated heterocycles. The Bertz CT molecular complexity index is 816. The molecule has 1 aromatic rings. The van der Waals surface area contributed by atoms with E-state index >= 15 is 0 Å². The smallest absolute Gasteiger partial charge is 0.293 e. The monoisotopic (exact) mass is 425 g/mol. The van der Waals surface area contributed by atoms with Crippen LogP contribution in [0.25, 0.3) is 0 Å². The summed E-state index contributed by atoms with van der Waals surface area (Å²) in [4.78, 5) is 17.5. The van der Waals surface area contributed by atoms with Crippen LogP contribution in [0.15, 0.2) is 23.1 Å². The van der Waals surface area contributed by atoms with Crippen LogP contribution in [-0.2, 0) is 10.0 Å². The molecule has 1 saturated carbocycles. The van der Waals surface area contributed by atoms with Gasteiger partial charge in [-0.1, -0.05) is 12.8 Å². The first kappa shape index (κ1) is 21.9. The lowest BCUT2D eigenvalue weighted by atomic mass is 10.1. The maximum Gasteiger partial charge on any atom is 0.293 e. The molecule has 0 spiro atoms. The molecule has 2 aliphatic rings. The van der Waals surface area contributed by atoms with E-state index in [9.17, 15) is 18.5 Å². The van der Waals surface area contributed by atoms with Crippen molar-refractivity contribution < 1.29 is 13.3 Å². The average molecular weight is 426 g/mol. The summed E-state index contributed by atoms with van der Waals surface area (Å²) in [7, 11) is -0.0919. The third kappa shape index (κ3) is 5.44. The Morgan fingerprint density at radius 2 is 1.83 bits per heavy atom. The first-order chi connectivity index (χ1) is 13.8. The number of rotatable bonds is 8. The van der Waals surface area contributed by atoms with E-state index in [0.29, 0.717) is 31.4 Å². The van der Waals surface area contributed by atoms with Crippen LogP contribution in [0.5, 0.6) is 0 Å². The van der Waals surface area contributed by atoms with E-state index in [1.807, 2.05) is 23.9 Å². The highest BCUT2D eigenvalue weighted by atomic mass is 32.2. The van der Waals surface area contributed by atoms with Gasteiger partial charge in [-0.15, -0.1) is 0 Å². The number of nitrogens with one attached hydrogen (secondary N) is 1. The van der Waals surface area contributed by atoms with Crippen LogP contribution in [0.1, 0.15) is 25.7 Å². The molecular formula is C19H31N5O4S. The second-order valence-corrected chi connectivity index (χ2v) is 9.84. The number of anilines is 1. The number of nitro benzene ring substituents is 1. The Morgan fingerprint density at radius 3 is 2.41 bits per heavy atom. The Labute approximate surface area is 172 Å². The zero-order valence-corrected chi connectivity index (χ0v) is 18.0. The standard InChI is InChI=1S/C19H31N5O4S/c1-21(2)10-9-20-29(27,28)17-7-8-18(19(15-17)24(25)26)23-13-11-22(12-14-23)16-5-3-4-6-16/h7-8,15-16,20H,3-6,9-14H2,1-2H3. The summed E-state index contributed by atoms with van der Waals surface area (Å²) in [6.45, 7) is 3.98. The molecule has 0 radical (unpaired) electrons. The highest BCUT2D eigenvalue weighted by molar-refractivity contribution is 7.89. The fraction of sp³-hybridized carbons (Fsp3) is 0.684. The first-order valence-corrected chi connectivity index (χ1v) is 11.7. The van der Waals surface area contributed by atoms with Gasteiger partial charge < -0.3 is 9.80 Å². The lowest BCUT2D eigenvalue weighted by Crippen LogP contribution is -2.49. The highest BCUT2D eigenvalue weighted by Crippen LogP contribution is 2.32. The molecule has 1 heterocycles. The largest absolute Gasteiger partial charge is 0.363 e. The molecule has 0 unspecified atom stereocenters. The summed E-state index contributed by atoms with van der Waals surface area (Å²) in [5.74, 6) is 0. The van der Waals surface area contributed by atoms with Crippen molar-refractivity contribution in [2.24, 2.45) is 0 Å². The van der Waals surface area contributed by atoms with Crippen molar-refractivity contribution in [2.45, 2.75) is 36.6 Å². The zero-order chi connectivity index (χ0) is 21.0. The number of likely N-dealkylation sites (N-methyl/N-ethyl adjacent to an activating group) is 1. The maximum absolute atomic E-state index is 12.5. The normalized spacial score (nSPS) is 19.2. The van der Waals surface area contributed by atoms with Crippen molar-refractivity contribution in [1.82, 2.24) is 14.5 Å². The van der Waals surface area contributed by atoms with E-state index in [4.69, 9.17) is 0 Å². The number of hydrogen-bond donors (Lipinski definition) is 1. The number of nitrogens with zero attached hydrogens (tertiary/aromatic N) is 4. The second-order valence-electron chi connectivity index (χ2n) is 8.07. The van der Waals surface area contributed by atoms with Gasteiger partial charge in [-0.3, -0.25) is 15.0 Å². The quantitative estimate of drug-likeness (QED) is 0.498. The molecule has 1 N–H and O–H groups in total. The predicted molar refractivity (Wildman–Crippen MR) is 113 cm³/mol. The van der Waals surface area contributed by atoms with Gasteiger partial charge in [-0.2, -0.15) is 0 Å². The van der Waals surface area contributed by atoms with Crippen LogP contribution in [0.2, 0.25) is 0 Å². The molecule has 0 atom stereocenters. The minimum absolute atomic E-state index is 0.0729. The van der Waals surface area contributed by atoms with Gasteiger partial charge in [0.15, 0.2) is 0 Å². The Hall–Kier alpha value is -1.75. The Balaban J connectivity index is 1.72. The number of benzene rings is 1. The predicted octanol–water partition coefficient (Wildman–Crippen LogP) is 1.50. The maximum atomic E-state index is 12.5. The first-order valence-electron chi connectivity index (χ1n) is 10.2. The third-order valence-electron chi connectivity index (χ3n) is 5.80. The van der Waals surface area contributed by atoms with E-state index < -0.39 is 14.9 Å². The van der Waals surface area contributed by atoms with Crippen molar-refractivity contribution in [3.05, 3.63) is 28.3 Å². The number of nitro groups is 1. The summed E-state index contributed by atoms with van der Waals surface area (Å²) in [5, 5.41) is 11.7. The highest BCUT2D eigenvalue weighted by Gasteiger charge is 2.29. The van der Waals surface area contributed by atoms with Crippen molar-refractivity contribution in [2.75, 3.05) is 58.3 Å². The summed E-state index contributed by atoms with van der Waals surface area (Å²) < 4.78 is 27.5. The van der Waals surface area contributed by atoms with E-state index in [1.165, 1.54) is 37.8 Å². The number of sulfonamides is 1. The zero-order valence-electron chi connectivity index (χ0n) is 17.2. The molecule has 0 bridgehead atoms. The fourth-order valence-corrected chi connectivity index (χ4v) is 5.21. The Morgan fingerprint density at radius 1 is 1.17 bits per heavy atom. The van der Waals surface area contributed by atoms with Crippen LogP contribution >= 0.6 is 0 Å². The molecule has 10 heteroatoms. The van der Waals surface area contributed by atoms with Gasteiger partial charge in [0, 0.05) is 51.4 Å². The fourth-order valence-electron chi connectivity index (χ4n) is 4.17. The summed E-state index contributed by atoms with van der Waals surface area (Å²) in [6.07, 6.45) is 5.06. The van der Waals surface area contributed by atoms with Gasteiger partial charge in [0.05, 0.1) is 9.82 Å². The van der Waals surface area contributed by atoms with Gasteiger partial charge in [-0.05, 0) is 39.1 Å². The summed E-state index contributed by atoms with van der Waals surface area (Å²) in [5.41, 5.74) is 0.336. The Kier molecular flexibility index (Phi) is 7.10. The minimum Gasteiger partial charge on any atom is -0.363 e. The van der Waals surface area contributed by atoms with Crippen LogP contribution in [0, 0.1) is 10.1 Å². The average Bonchev–Trinajstić information content (AvgIpc) is 3.22. The number of hydrogen-bond acceptors (Lipinski definition) is 7. The summed E-state index contributed by atoms with van der Waals surface area (Å²) >= 11 is 0. The lowest BCUT2D eigenvalue weighted by Gasteiger charge is -2.38. The van der Waals surface area contributed by atoms with E-state index in [0.717, 1.165) is 13.1 Å². The van der Waals surface area contributed by atoms with Gasteiger partial charge in [0.25, 0.3) is 5.69 Å². The van der Waals surface area contributed by atoms with Gasteiger partial charge in [-0.25, -0.2) is 13.1 Å². The molecule has 0 amide bonds. The van der Waals surface area contributed by atoms with Crippen LogP contribution < -0.4 is 9.62 Å². The van der Waals surface area contributed by atoms with Gasteiger partial charge >= 0.3 is 0 Å². The van der Waals surface area contributed by atoms with Crippen molar-refractivity contribution in [1.29, 1.82) is 0 Å². The van der Waals surface area contributed by atoms with Crippen molar-refractivity contribution in [3.63, 3.8) is 0 Å². The molecule has 2 fully saturated rings. The molecule has 1 aromatic carbocycles. The molecular weight excluding hydrogens is 394 g/mol. The molecule has 29 heavy (non-hydrogen) atoms. The van der Waals surface area contributed by atoms with Crippen LogP contribution in [0.3, 0.4) is 0 Å². The molecule has 1 aliphatic heterocycles. The summed E-state index contributed by atoms with van der Waals surface area (Å²) in [6, 6.07) is 4.86. The van der Waals surface area contributed by atoms with Crippen LogP contribution in [-0.4, -0.2) is 82.5 Å². The minimum atomic E-state index is -3.79. The third-order valence-corrected chi connectivity index (χ3v) is 7.26. The second kappa shape index (κ2) is 9.38. The molecule has 1 aliphatic carbocycles. The van der Waals surface area contributed by atoms with Crippen LogP contribution in [0.4, 0.5) is 11.4 Å². The van der Waals surface area contributed by atoms with Crippen molar-refractivity contribution >= 4 is 21.4 Å². The van der Waals surface area contributed by atoms with Gasteiger partial charge in [0.2, 0.25) is 10.0 Å². The molecule has 9 nitrogen and oxygen atoms in total. The topological polar surface area (TPSA) is 99.0 Å². The van der Waals surface area contributed by atoms with E-state index in [2.05, 4.69) is 9.62 Å². The molecule has 0 aromatic heterocycles. The van der Waals surface area contributed by atoms with E-state index in [-0.39, 0.29) is 17.1 Å². The van der Waals surface area contributed by atoms with Crippen molar-refractivity contribution in [3.8, 4) is 0 Å². The molecule has 3 rings (SSSR count). The molecule has 162 valence electrons. The van der Waals surface area contributed by atoms with E-state index in [1.54, 1.807) is 6.07 Å². The SMILES string of the molecule is CN(C)CCNS(=O)(=O)c1ccc(N2CCN(C3CCCC3)CC2)c([N+](=O)[O-])c1. The van der Waals surface area contributed by atoms with Gasteiger partial charge in [0.1, 0.15) is 5.69 Å². The lowest BCUT2D eigenvalue weighted by molar-refractivity contribution is -0.384.